The third-order valence-electron chi connectivity index (χ3n) is 4.63. The molecule has 0 heterocycles. The maximum absolute atomic E-state index is 11.9. The van der Waals surface area contributed by atoms with Gasteiger partial charge in [0.1, 0.15) is 0 Å². The van der Waals surface area contributed by atoms with Gasteiger partial charge in [0.25, 0.3) is 0 Å². The largest absolute Gasteiger partial charge is 0.212 e. The van der Waals surface area contributed by atoms with Gasteiger partial charge in [-0.05, 0) is 31.6 Å². The summed E-state index contributed by atoms with van der Waals surface area (Å²) < 4.78 is 26.6. The second kappa shape index (κ2) is 11.4. The predicted octanol–water partition coefficient (Wildman–Crippen LogP) is 5.02. The van der Waals surface area contributed by atoms with Crippen LogP contribution in [0.5, 0.6) is 0 Å². The Morgan fingerprint density at radius 3 is 2.09 bits per heavy atom. The van der Waals surface area contributed by atoms with Crippen molar-refractivity contribution in [1.82, 2.24) is 4.72 Å². The van der Waals surface area contributed by atoms with E-state index < -0.39 is 10.0 Å². The van der Waals surface area contributed by atoms with Crippen LogP contribution >= 0.6 is 0 Å². The topological polar surface area (TPSA) is 46.2 Å². The second-order valence-corrected chi connectivity index (χ2v) is 8.94. The molecule has 1 aliphatic carbocycles. The molecule has 0 bridgehead atoms. The summed E-state index contributed by atoms with van der Waals surface area (Å²) >= 11 is 0. The van der Waals surface area contributed by atoms with Gasteiger partial charge in [-0.2, -0.15) is 0 Å². The van der Waals surface area contributed by atoms with Gasteiger partial charge in [-0.3, -0.25) is 0 Å². The Bertz CT molecular complexity index is 363. The van der Waals surface area contributed by atoms with E-state index in [1.54, 1.807) is 0 Å². The summed E-state index contributed by atoms with van der Waals surface area (Å²) in [5, 5.41) is 0. The van der Waals surface area contributed by atoms with E-state index in [4.69, 9.17) is 0 Å². The van der Waals surface area contributed by atoms with E-state index >= 15 is 0 Å². The maximum Gasteiger partial charge on any atom is 0.211 e. The van der Waals surface area contributed by atoms with Gasteiger partial charge in [-0.15, -0.1) is 0 Å². The van der Waals surface area contributed by atoms with Gasteiger partial charge in [0, 0.05) is 6.04 Å². The molecular weight excluding hydrogens is 294 g/mol. The number of hydrogen-bond acceptors (Lipinski definition) is 2. The molecule has 0 aliphatic heterocycles. The van der Waals surface area contributed by atoms with Gasteiger partial charge in [0.15, 0.2) is 0 Å². The number of nitrogens with one attached hydrogen (secondary N) is 1. The van der Waals surface area contributed by atoms with Crippen molar-refractivity contribution >= 4 is 10.0 Å². The molecule has 1 unspecified atom stereocenters. The first kappa shape index (κ1) is 20.0. The zero-order valence-corrected chi connectivity index (χ0v) is 15.6. The van der Waals surface area contributed by atoms with Crippen LogP contribution in [0, 0.1) is 5.92 Å². The number of rotatable bonds is 15. The van der Waals surface area contributed by atoms with E-state index in [1.807, 2.05) is 0 Å². The Hall–Kier alpha value is -0.0900. The van der Waals surface area contributed by atoms with Crippen LogP contribution in [0.4, 0.5) is 0 Å². The molecule has 0 saturated heterocycles. The third-order valence-corrected chi connectivity index (χ3v) is 6.15. The molecule has 0 aromatic rings. The fraction of sp³-hybridized carbons (Fsp3) is 1.00. The van der Waals surface area contributed by atoms with Crippen LogP contribution in [-0.2, 0) is 10.0 Å². The van der Waals surface area contributed by atoms with Crippen molar-refractivity contribution in [3.05, 3.63) is 0 Å². The van der Waals surface area contributed by atoms with Crippen molar-refractivity contribution in [3.63, 3.8) is 0 Å². The van der Waals surface area contributed by atoms with Gasteiger partial charge in [0.05, 0.1) is 5.75 Å². The Balaban J connectivity index is 2.18. The van der Waals surface area contributed by atoms with Gasteiger partial charge < -0.3 is 0 Å². The van der Waals surface area contributed by atoms with Gasteiger partial charge >= 0.3 is 0 Å². The first-order valence-corrected chi connectivity index (χ1v) is 11.2. The molecule has 132 valence electrons. The normalized spacial score (nSPS) is 16.8. The predicted molar refractivity (Wildman–Crippen MR) is 95.6 cm³/mol. The van der Waals surface area contributed by atoms with Crippen molar-refractivity contribution in [2.45, 2.75) is 103 Å². The van der Waals surface area contributed by atoms with E-state index in [1.165, 1.54) is 57.8 Å². The van der Waals surface area contributed by atoms with Gasteiger partial charge in [-0.1, -0.05) is 71.6 Å². The molecule has 3 nitrogen and oxygen atoms in total. The molecule has 0 amide bonds. The minimum Gasteiger partial charge on any atom is -0.212 e. The van der Waals surface area contributed by atoms with Crippen molar-refractivity contribution < 1.29 is 8.42 Å². The van der Waals surface area contributed by atoms with Crippen LogP contribution in [0.15, 0.2) is 0 Å². The lowest BCUT2D eigenvalue weighted by Gasteiger charge is -2.16. The van der Waals surface area contributed by atoms with E-state index in [9.17, 15) is 8.42 Å². The summed E-state index contributed by atoms with van der Waals surface area (Å²) in [5.74, 6) is 1.06. The fourth-order valence-corrected chi connectivity index (χ4v) is 4.45. The zero-order valence-electron chi connectivity index (χ0n) is 14.8. The highest BCUT2D eigenvalue weighted by Gasteiger charge is 2.26. The summed E-state index contributed by atoms with van der Waals surface area (Å²) in [6.45, 7) is 4.49. The molecule has 1 fully saturated rings. The molecule has 0 aromatic carbocycles. The summed E-state index contributed by atoms with van der Waals surface area (Å²) in [6, 6.07) is 0.249. The minimum absolute atomic E-state index is 0.249. The third kappa shape index (κ3) is 10.6. The molecule has 4 heteroatoms. The quantitative estimate of drug-likeness (QED) is 0.428. The van der Waals surface area contributed by atoms with E-state index in [2.05, 4.69) is 18.6 Å². The SMILES string of the molecule is CCCCCCCC(CCCC)CCCS(=O)(=O)NC1CC1. The lowest BCUT2D eigenvalue weighted by molar-refractivity contribution is 0.383. The Kier molecular flexibility index (Phi) is 10.4. The Labute approximate surface area is 138 Å². The number of sulfonamides is 1. The monoisotopic (exact) mass is 331 g/mol. The summed E-state index contributed by atoms with van der Waals surface area (Å²) in [6.07, 6.45) is 15.7. The average molecular weight is 332 g/mol. The van der Waals surface area contributed by atoms with Crippen LogP contribution in [0.3, 0.4) is 0 Å². The summed E-state index contributed by atoms with van der Waals surface area (Å²) in [4.78, 5) is 0. The average Bonchev–Trinajstić information content (AvgIpc) is 3.26. The van der Waals surface area contributed by atoms with Gasteiger partial charge in [-0.25, -0.2) is 13.1 Å². The van der Waals surface area contributed by atoms with Gasteiger partial charge in [0.2, 0.25) is 10.0 Å². The smallest absolute Gasteiger partial charge is 0.211 e. The molecule has 1 N–H and O–H groups in total. The number of unbranched alkanes of at least 4 members (excludes halogenated alkanes) is 5. The van der Waals surface area contributed by atoms with Crippen LogP contribution < -0.4 is 4.72 Å². The van der Waals surface area contributed by atoms with E-state index in [0.717, 1.165) is 31.6 Å². The lowest BCUT2D eigenvalue weighted by Crippen LogP contribution is -2.28. The van der Waals surface area contributed by atoms with Crippen molar-refractivity contribution in [2.75, 3.05) is 5.75 Å². The van der Waals surface area contributed by atoms with Crippen LogP contribution in [-0.4, -0.2) is 20.2 Å². The molecule has 0 aromatic heterocycles. The Morgan fingerprint density at radius 1 is 0.864 bits per heavy atom. The highest BCUT2D eigenvalue weighted by atomic mass is 32.2. The molecule has 1 saturated carbocycles. The number of hydrogen-bond donors (Lipinski definition) is 1. The highest BCUT2D eigenvalue weighted by molar-refractivity contribution is 7.89. The molecule has 1 rings (SSSR count). The highest BCUT2D eigenvalue weighted by Crippen LogP contribution is 2.23. The van der Waals surface area contributed by atoms with E-state index in [0.29, 0.717) is 5.75 Å². The molecule has 1 atom stereocenters. The second-order valence-electron chi connectivity index (χ2n) is 7.06. The lowest BCUT2D eigenvalue weighted by atomic mass is 9.91. The first-order chi connectivity index (χ1) is 10.6. The molecule has 22 heavy (non-hydrogen) atoms. The zero-order chi connectivity index (χ0) is 16.3. The molecule has 1 aliphatic rings. The molecule has 0 spiro atoms. The first-order valence-electron chi connectivity index (χ1n) is 9.57. The van der Waals surface area contributed by atoms with Crippen LogP contribution in [0.25, 0.3) is 0 Å². The van der Waals surface area contributed by atoms with Crippen LogP contribution in [0.1, 0.15) is 97.3 Å². The fourth-order valence-electron chi connectivity index (χ4n) is 3.04. The van der Waals surface area contributed by atoms with E-state index in [-0.39, 0.29) is 6.04 Å². The Morgan fingerprint density at radius 2 is 1.45 bits per heavy atom. The van der Waals surface area contributed by atoms with Crippen molar-refractivity contribution in [2.24, 2.45) is 5.92 Å². The van der Waals surface area contributed by atoms with Crippen molar-refractivity contribution in [3.8, 4) is 0 Å². The summed E-state index contributed by atoms with van der Waals surface area (Å²) in [5.41, 5.74) is 0. The minimum atomic E-state index is -3.02. The molecular formula is C18H37NO2S. The standard InChI is InChI=1S/C18H37NO2S/c1-3-5-7-8-9-12-17(11-6-4-2)13-10-16-22(20,21)19-18-14-15-18/h17-19H,3-16H2,1-2H3. The van der Waals surface area contributed by atoms with Crippen LogP contribution in [0.2, 0.25) is 0 Å². The van der Waals surface area contributed by atoms with Crippen molar-refractivity contribution in [1.29, 1.82) is 0 Å². The summed E-state index contributed by atoms with van der Waals surface area (Å²) in [7, 11) is -3.02. The maximum atomic E-state index is 11.9. The molecule has 0 radical (unpaired) electrons.